The van der Waals surface area contributed by atoms with Gasteiger partial charge < -0.3 is 10.1 Å². The first-order valence-electron chi connectivity index (χ1n) is 10.6. The molecule has 2 aromatic heterocycles. The molecule has 152 valence electrons. The van der Waals surface area contributed by atoms with E-state index in [9.17, 15) is 9.59 Å². The summed E-state index contributed by atoms with van der Waals surface area (Å²) < 4.78 is 5.55. The van der Waals surface area contributed by atoms with Crippen molar-refractivity contribution < 1.29 is 19.3 Å². The summed E-state index contributed by atoms with van der Waals surface area (Å²) in [7, 11) is 0. The molecule has 2 aromatic rings. The molecule has 0 spiro atoms. The van der Waals surface area contributed by atoms with Gasteiger partial charge in [0.2, 0.25) is 5.91 Å². The fourth-order valence-corrected chi connectivity index (χ4v) is 6.59. The Bertz CT molecular complexity index is 1060. The summed E-state index contributed by atoms with van der Waals surface area (Å²) in [4.78, 5) is 35.5. The third-order valence-corrected chi connectivity index (χ3v) is 7.97. The quantitative estimate of drug-likeness (QED) is 0.776. The van der Waals surface area contributed by atoms with Crippen molar-refractivity contribution in [2.45, 2.75) is 51.1 Å². The lowest BCUT2D eigenvalue weighted by Gasteiger charge is -2.39. The number of nitrogens with zero attached hydrogens (tertiary/aromatic N) is 2. The lowest BCUT2D eigenvalue weighted by molar-refractivity contribution is -0.328. The molecule has 8 heteroatoms. The van der Waals surface area contributed by atoms with Gasteiger partial charge in [-0.1, -0.05) is 11.3 Å². The molecule has 6 rings (SSSR count). The van der Waals surface area contributed by atoms with Gasteiger partial charge in [0.25, 0.3) is 11.7 Å². The lowest BCUT2D eigenvalue weighted by atomic mass is 9.89. The van der Waals surface area contributed by atoms with Crippen molar-refractivity contribution in [3.63, 3.8) is 0 Å². The maximum Gasteiger partial charge on any atom is 0.279 e. The topological polar surface area (TPSA) is 76.0 Å². The number of fused-ring (bicyclic) bond motifs is 7. The summed E-state index contributed by atoms with van der Waals surface area (Å²) >= 11 is 1.49. The Morgan fingerprint density at radius 1 is 1.10 bits per heavy atom. The minimum absolute atomic E-state index is 0.0551. The second kappa shape index (κ2) is 6.15. The van der Waals surface area contributed by atoms with Crippen LogP contribution in [0.1, 0.15) is 53.4 Å². The first kappa shape index (κ1) is 17.7. The largest absolute Gasteiger partial charge is 0.373 e. The van der Waals surface area contributed by atoms with E-state index >= 15 is 0 Å². The zero-order valence-corrected chi connectivity index (χ0v) is 17.4. The van der Waals surface area contributed by atoms with Crippen molar-refractivity contribution in [1.29, 1.82) is 0 Å². The molecule has 0 radical (unpaired) electrons. The molecule has 2 fully saturated rings. The summed E-state index contributed by atoms with van der Waals surface area (Å²) in [6.45, 7) is 5.21. The highest BCUT2D eigenvalue weighted by molar-refractivity contribution is 7.21. The number of carbonyl (C=O) groups excluding carboxylic acids is 2. The zero-order valence-electron chi connectivity index (χ0n) is 16.6. The average molecular weight is 414 g/mol. The molecule has 1 atom stereocenters. The molecule has 29 heavy (non-hydrogen) atoms. The number of amides is 2. The van der Waals surface area contributed by atoms with Gasteiger partial charge in [0.15, 0.2) is 4.83 Å². The minimum atomic E-state index is -0.612. The van der Waals surface area contributed by atoms with Crippen molar-refractivity contribution >= 4 is 44.9 Å². The van der Waals surface area contributed by atoms with E-state index in [1.165, 1.54) is 34.7 Å². The molecule has 0 saturated carbocycles. The van der Waals surface area contributed by atoms with E-state index in [1.807, 2.05) is 11.8 Å². The van der Waals surface area contributed by atoms with Crippen molar-refractivity contribution in [3.8, 4) is 0 Å². The van der Waals surface area contributed by atoms with Gasteiger partial charge in [0.05, 0.1) is 24.3 Å². The molecule has 0 aromatic carbocycles. The van der Waals surface area contributed by atoms with Gasteiger partial charge in [-0.15, -0.1) is 0 Å². The third kappa shape index (κ3) is 2.42. The Morgan fingerprint density at radius 2 is 1.86 bits per heavy atom. The number of H-pyrrole nitrogens is 1. The number of aryl methyl sites for hydroxylation is 1. The van der Waals surface area contributed by atoms with Crippen LogP contribution in [-0.4, -0.2) is 43.8 Å². The van der Waals surface area contributed by atoms with Gasteiger partial charge in [0, 0.05) is 12.0 Å². The first-order valence-corrected chi connectivity index (χ1v) is 11.4. The highest BCUT2D eigenvalue weighted by Gasteiger charge is 2.50. The SMILES string of the molecule is C[C@]12CCC(=O)N1c1c(sc3[nH+]c(N4CCOCC4)c4c(c13)CCCC4)C(=O)N2. The Balaban J connectivity index is 1.63. The van der Waals surface area contributed by atoms with Gasteiger partial charge in [-0.2, -0.15) is 0 Å². The Hall–Kier alpha value is -2.19. The van der Waals surface area contributed by atoms with Crippen LogP contribution in [0.25, 0.3) is 10.2 Å². The Morgan fingerprint density at radius 3 is 2.66 bits per heavy atom. The van der Waals surface area contributed by atoms with Gasteiger partial charge in [0.1, 0.15) is 23.6 Å². The second-order valence-corrected chi connectivity index (χ2v) is 9.70. The lowest BCUT2D eigenvalue weighted by Crippen LogP contribution is -2.59. The first-order chi connectivity index (χ1) is 14.1. The maximum atomic E-state index is 13.0. The van der Waals surface area contributed by atoms with Crippen molar-refractivity contribution in [3.05, 3.63) is 16.0 Å². The number of rotatable bonds is 1. The van der Waals surface area contributed by atoms with Crippen LogP contribution in [0.5, 0.6) is 0 Å². The van der Waals surface area contributed by atoms with Crippen molar-refractivity contribution in [2.24, 2.45) is 0 Å². The Labute approximate surface area is 173 Å². The number of hydrogen-bond donors (Lipinski definition) is 1. The number of aromatic amines is 1. The molecule has 5 heterocycles. The van der Waals surface area contributed by atoms with Crippen LogP contribution in [0.15, 0.2) is 0 Å². The Kier molecular flexibility index (Phi) is 3.75. The number of anilines is 2. The fraction of sp³-hybridized carbons (Fsp3) is 0.571. The van der Waals surface area contributed by atoms with E-state index in [0.29, 0.717) is 17.7 Å². The molecule has 1 aliphatic carbocycles. The van der Waals surface area contributed by atoms with Crippen LogP contribution in [0.2, 0.25) is 0 Å². The highest BCUT2D eigenvalue weighted by atomic mass is 32.1. The monoisotopic (exact) mass is 413 g/mol. The number of nitrogens with one attached hydrogen (secondary N) is 2. The smallest absolute Gasteiger partial charge is 0.279 e. The van der Waals surface area contributed by atoms with E-state index in [0.717, 1.165) is 61.5 Å². The summed E-state index contributed by atoms with van der Waals surface area (Å²) in [5.74, 6) is 1.24. The van der Waals surface area contributed by atoms with E-state index in [-0.39, 0.29) is 11.8 Å². The molecule has 3 aliphatic heterocycles. The number of ether oxygens (including phenoxy) is 1. The van der Waals surface area contributed by atoms with Crippen LogP contribution in [0.4, 0.5) is 11.5 Å². The number of morpholine rings is 1. The molecule has 2 N–H and O–H groups in total. The molecule has 7 nitrogen and oxygen atoms in total. The van der Waals surface area contributed by atoms with Gasteiger partial charge in [-0.3, -0.25) is 19.4 Å². The molecule has 2 amide bonds. The maximum absolute atomic E-state index is 13.0. The third-order valence-electron chi connectivity index (χ3n) is 6.88. The van der Waals surface area contributed by atoms with E-state index < -0.39 is 5.66 Å². The summed E-state index contributed by atoms with van der Waals surface area (Å²) in [5.41, 5.74) is 2.94. The number of aromatic nitrogens is 1. The normalized spacial score (nSPS) is 26.4. The zero-order chi connectivity index (χ0) is 19.8. The molecular formula is C21H25N4O3S+. The summed E-state index contributed by atoms with van der Waals surface area (Å²) in [6, 6.07) is 0. The molecule has 0 bridgehead atoms. The summed E-state index contributed by atoms with van der Waals surface area (Å²) in [5, 5.41) is 4.20. The molecule has 0 unspecified atom stereocenters. The van der Waals surface area contributed by atoms with Crippen LogP contribution in [0.3, 0.4) is 0 Å². The van der Waals surface area contributed by atoms with Crippen LogP contribution < -0.4 is 20.1 Å². The van der Waals surface area contributed by atoms with Gasteiger partial charge >= 0.3 is 0 Å². The van der Waals surface area contributed by atoms with E-state index in [4.69, 9.17) is 4.74 Å². The van der Waals surface area contributed by atoms with E-state index in [2.05, 4.69) is 15.2 Å². The van der Waals surface area contributed by atoms with Crippen molar-refractivity contribution in [1.82, 2.24) is 5.32 Å². The minimum Gasteiger partial charge on any atom is -0.373 e. The van der Waals surface area contributed by atoms with Crippen molar-refractivity contribution in [2.75, 3.05) is 36.1 Å². The standard InChI is InChI=1S/C21H24N4O3S/c1-21-7-6-14(26)25(21)16-15-12-4-2-3-5-13(12)18(24-8-10-28-11-9-24)22-20(15)29-17(16)19(27)23-21/h2-11H2,1H3,(H,23,27)/p+1/t21-/m1/s1. The molecule has 4 aliphatic rings. The second-order valence-electron chi connectivity index (χ2n) is 8.68. The number of carbonyl (C=O) groups is 2. The summed E-state index contributed by atoms with van der Waals surface area (Å²) in [6.07, 6.45) is 5.50. The number of hydrogen-bond acceptors (Lipinski definition) is 5. The van der Waals surface area contributed by atoms with Crippen LogP contribution in [-0.2, 0) is 22.4 Å². The van der Waals surface area contributed by atoms with Crippen LogP contribution in [0, 0.1) is 0 Å². The van der Waals surface area contributed by atoms with Crippen LogP contribution >= 0.6 is 11.3 Å². The van der Waals surface area contributed by atoms with E-state index in [1.54, 1.807) is 0 Å². The van der Waals surface area contributed by atoms with Gasteiger partial charge in [-0.05, 0) is 44.6 Å². The predicted molar refractivity (Wildman–Crippen MR) is 111 cm³/mol. The van der Waals surface area contributed by atoms with Gasteiger partial charge in [-0.25, -0.2) is 4.98 Å². The molecular weight excluding hydrogens is 388 g/mol. The molecule has 2 saturated heterocycles. The average Bonchev–Trinajstić information content (AvgIpc) is 3.25. The fourth-order valence-electron chi connectivity index (χ4n) is 5.48. The number of thiophene rings is 1. The predicted octanol–water partition coefficient (Wildman–Crippen LogP) is 2.02. The highest BCUT2D eigenvalue weighted by Crippen LogP contribution is 2.49. The number of pyridine rings is 1.